The van der Waals surface area contributed by atoms with Crippen molar-refractivity contribution in [2.75, 3.05) is 12.4 Å². The zero-order chi connectivity index (χ0) is 19.0. The van der Waals surface area contributed by atoms with E-state index in [1.807, 2.05) is 43.3 Å². The van der Waals surface area contributed by atoms with E-state index in [0.717, 1.165) is 39.7 Å². The lowest BCUT2D eigenvalue weighted by Crippen LogP contribution is -2.02. The van der Waals surface area contributed by atoms with Crippen molar-refractivity contribution < 1.29 is 4.74 Å². The highest BCUT2D eigenvalue weighted by Gasteiger charge is 2.15. The van der Waals surface area contributed by atoms with Crippen LogP contribution in [0.4, 0.5) is 11.5 Å². The molecule has 0 saturated carbocycles. The fraction of sp³-hybridized carbons (Fsp3) is 0.100. The number of anilines is 2. The summed E-state index contributed by atoms with van der Waals surface area (Å²) in [5.41, 5.74) is 4.25. The van der Waals surface area contributed by atoms with Gasteiger partial charge in [-0.3, -0.25) is 0 Å². The predicted molar refractivity (Wildman–Crippen MR) is 109 cm³/mol. The van der Waals surface area contributed by atoms with Crippen LogP contribution in [-0.4, -0.2) is 21.7 Å². The third-order valence-electron chi connectivity index (χ3n) is 4.19. The average molecular weight is 399 g/mol. The molecule has 0 aliphatic heterocycles. The molecule has 4 aromatic rings. The van der Waals surface area contributed by atoms with Crippen LogP contribution in [0.2, 0.25) is 10.0 Å². The van der Waals surface area contributed by atoms with E-state index < -0.39 is 0 Å². The van der Waals surface area contributed by atoms with Gasteiger partial charge < -0.3 is 10.1 Å². The van der Waals surface area contributed by atoms with Gasteiger partial charge in [0.1, 0.15) is 11.6 Å². The van der Waals surface area contributed by atoms with Gasteiger partial charge in [-0.15, -0.1) is 0 Å². The minimum absolute atomic E-state index is 0.485. The number of ether oxygens (including phenoxy) is 1. The number of methoxy groups -OCH3 is 1. The van der Waals surface area contributed by atoms with Crippen molar-refractivity contribution in [2.45, 2.75) is 6.92 Å². The third kappa shape index (κ3) is 3.31. The second-order valence-electron chi connectivity index (χ2n) is 6.03. The smallest absolute Gasteiger partial charge is 0.165 e. The first-order valence-corrected chi connectivity index (χ1v) is 9.03. The largest absolute Gasteiger partial charge is 0.496 e. The maximum absolute atomic E-state index is 6.13. The number of fused-ring (bicyclic) bond motifs is 1. The fourth-order valence-electron chi connectivity index (χ4n) is 2.95. The van der Waals surface area contributed by atoms with Gasteiger partial charge >= 0.3 is 0 Å². The Bertz CT molecular complexity index is 1140. The lowest BCUT2D eigenvalue weighted by atomic mass is 10.1. The van der Waals surface area contributed by atoms with Gasteiger partial charge in [0.15, 0.2) is 5.65 Å². The van der Waals surface area contributed by atoms with E-state index in [-0.39, 0.29) is 0 Å². The lowest BCUT2D eigenvalue weighted by Gasteiger charge is -2.11. The molecule has 1 N–H and O–H groups in total. The number of rotatable bonds is 4. The normalized spacial score (nSPS) is 11.0. The molecule has 0 aliphatic carbocycles. The van der Waals surface area contributed by atoms with Gasteiger partial charge in [0, 0.05) is 23.0 Å². The number of hydrogen-bond donors (Lipinski definition) is 1. The van der Waals surface area contributed by atoms with Crippen LogP contribution in [0, 0.1) is 6.92 Å². The molecule has 5 nitrogen and oxygen atoms in total. The topological polar surface area (TPSA) is 51.5 Å². The lowest BCUT2D eigenvalue weighted by molar-refractivity contribution is 0.416. The molecule has 0 radical (unpaired) electrons. The standard InChI is InChI=1S/C20H16Cl2N4O/c1-12-9-19(25-13-7-8-16(21)17(22)10-13)26-20(24-12)15(11-23-26)14-5-3-4-6-18(14)27-2/h3-11,25H,1-2H3. The quantitative estimate of drug-likeness (QED) is 0.474. The summed E-state index contributed by atoms with van der Waals surface area (Å²) >= 11 is 12.1. The predicted octanol–water partition coefficient (Wildman–Crippen LogP) is 5.76. The van der Waals surface area contributed by atoms with E-state index in [1.54, 1.807) is 30.0 Å². The molecular weight excluding hydrogens is 383 g/mol. The van der Waals surface area contributed by atoms with Crippen molar-refractivity contribution in [3.8, 4) is 16.9 Å². The molecular formula is C20H16Cl2N4O. The Hall–Kier alpha value is -2.76. The van der Waals surface area contributed by atoms with E-state index in [1.165, 1.54) is 0 Å². The summed E-state index contributed by atoms with van der Waals surface area (Å²) in [5, 5.41) is 8.86. The van der Waals surface area contributed by atoms with Gasteiger partial charge in [0.25, 0.3) is 0 Å². The average Bonchev–Trinajstić information content (AvgIpc) is 3.08. The highest BCUT2D eigenvalue weighted by Crippen LogP contribution is 2.33. The maximum atomic E-state index is 6.13. The van der Waals surface area contributed by atoms with Crippen molar-refractivity contribution in [3.05, 3.63) is 70.5 Å². The summed E-state index contributed by atoms with van der Waals surface area (Å²) in [6, 6.07) is 15.1. The van der Waals surface area contributed by atoms with Crippen molar-refractivity contribution in [3.63, 3.8) is 0 Å². The number of nitrogens with one attached hydrogen (secondary N) is 1. The molecule has 0 unspecified atom stereocenters. The van der Waals surface area contributed by atoms with Crippen LogP contribution in [0.1, 0.15) is 5.69 Å². The van der Waals surface area contributed by atoms with Crippen LogP contribution in [-0.2, 0) is 0 Å². The first kappa shape index (κ1) is 17.6. The van der Waals surface area contributed by atoms with Crippen molar-refractivity contribution >= 4 is 40.4 Å². The first-order chi connectivity index (χ1) is 13.1. The number of nitrogens with zero attached hydrogens (tertiary/aromatic N) is 3. The van der Waals surface area contributed by atoms with Crippen molar-refractivity contribution in [1.82, 2.24) is 14.6 Å². The molecule has 0 fully saturated rings. The Morgan fingerprint density at radius 1 is 1.00 bits per heavy atom. The van der Waals surface area contributed by atoms with Crippen LogP contribution in [0.25, 0.3) is 16.8 Å². The monoisotopic (exact) mass is 398 g/mol. The molecule has 0 saturated heterocycles. The molecule has 7 heteroatoms. The van der Waals surface area contributed by atoms with Gasteiger partial charge in [-0.25, -0.2) is 4.98 Å². The molecule has 0 spiro atoms. The van der Waals surface area contributed by atoms with E-state index in [0.29, 0.717) is 10.0 Å². The van der Waals surface area contributed by atoms with Gasteiger partial charge in [-0.05, 0) is 31.2 Å². The fourth-order valence-corrected chi connectivity index (χ4v) is 3.25. The molecule has 0 atom stereocenters. The molecule has 0 aliphatic rings. The summed E-state index contributed by atoms with van der Waals surface area (Å²) in [4.78, 5) is 4.68. The van der Waals surface area contributed by atoms with E-state index in [9.17, 15) is 0 Å². The van der Waals surface area contributed by atoms with Crippen LogP contribution < -0.4 is 10.1 Å². The highest BCUT2D eigenvalue weighted by molar-refractivity contribution is 6.42. The summed E-state index contributed by atoms with van der Waals surface area (Å²) in [6.45, 7) is 1.94. The second kappa shape index (κ2) is 7.10. The number of hydrogen-bond acceptors (Lipinski definition) is 4. The van der Waals surface area contributed by atoms with Crippen molar-refractivity contribution in [1.29, 1.82) is 0 Å². The van der Waals surface area contributed by atoms with Gasteiger partial charge in [0.05, 0.1) is 28.9 Å². The van der Waals surface area contributed by atoms with E-state index >= 15 is 0 Å². The molecule has 136 valence electrons. The van der Waals surface area contributed by atoms with Crippen LogP contribution in [0.3, 0.4) is 0 Å². The Morgan fingerprint density at radius 2 is 1.81 bits per heavy atom. The van der Waals surface area contributed by atoms with Crippen LogP contribution >= 0.6 is 23.2 Å². The van der Waals surface area contributed by atoms with Crippen LogP contribution in [0.15, 0.2) is 54.7 Å². The molecule has 4 rings (SSSR count). The minimum atomic E-state index is 0.485. The van der Waals surface area contributed by atoms with Gasteiger partial charge in [-0.2, -0.15) is 9.61 Å². The highest BCUT2D eigenvalue weighted by atomic mass is 35.5. The summed E-state index contributed by atoms with van der Waals surface area (Å²) in [6.07, 6.45) is 1.79. The minimum Gasteiger partial charge on any atom is -0.496 e. The number of aromatic nitrogens is 3. The van der Waals surface area contributed by atoms with E-state index in [4.69, 9.17) is 27.9 Å². The Labute approximate surface area is 166 Å². The first-order valence-electron chi connectivity index (χ1n) is 8.27. The third-order valence-corrected chi connectivity index (χ3v) is 4.93. The Balaban J connectivity index is 1.84. The molecule has 0 amide bonds. The van der Waals surface area contributed by atoms with E-state index in [2.05, 4.69) is 15.4 Å². The number of aryl methyl sites for hydroxylation is 1. The maximum Gasteiger partial charge on any atom is 0.165 e. The number of benzene rings is 2. The summed E-state index contributed by atoms with van der Waals surface area (Å²) in [7, 11) is 1.65. The van der Waals surface area contributed by atoms with Gasteiger partial charge in [-0.1, -0.05) is 41.4 Å². The summed E-state index contributed by atoms with van der Waals surface area (Å²) in [5.74, 6) is 1.55. The molecule has 0 bridgehead atoms. The Kier molecular flexibility index (Phi) is 4.64. The van der Waals surface area contributed by atoms with Crippen molar-refractivity contribution in [2.24, 2.45) is 0 Å². The molecule has 2 aromatic heterocycles. The number of para-hydroxylation sites is 1. The SMILES string of the molecule is COc1ccccc1-c1cnn2c(Nc3ccc(Cl)c(Cl)c3)cc(C)nc12. The van der Waals surface area contributed by atoms with Gasteiger partial charge in [0.2, 0.25) is 0 Å². The van der Waals surface area contributed by atoms with Crippen LogP contribution in [0.5, 0.6) is 5.75 Å². The zero-order valence-electron chi connectivity index (χ0n) is 14.7. The summed E-state index contributed by atoms with van der Waals surface area (Å²) < 4.78 is 7.25. The zero-order valence-corrected chi connectivity index (χ0v) is 16.2. The molecule has 27 heavy (non-hydrogen) atoms. The molecule has 2 heterocycles. The molecule has 2 aromatic carbocycles. The number of halogens is 2. The second-order valence-corrected chi connectivity index (χ2v) is 6.84. The Morgan fingerprint density at radius 3 is 2.59 bits per heavy atom.